The fraction of sp³-hybridized carbons (Fsp3) is 0.571. The molecule has 7 heteroatoms. The molecular formula is C14H17F5N2. The van der Waals surface area contributed by atoms with Crippen molar-refractivity contribution in [3.8, 4) is 0 Å². The number of nitrogens with zero attached hydrogens (tertiary/aromatic N) is 1. The van der Waals surface area contributed by atoms with Crippen molar-refractivity contribution in [1.82, 2.24) is 10.2 Å². The maximum absolute atomic E-state index is 13.8. The lowest BCUT2D eigenvalue weighted by Crippen LogP contribution is -2.41. The maximum atomic E-state index is 13.8. The molecule has 0 saturated heterocycles. The summed E-state index contributed by atoms with van der Waals surface area (Å²) in [4.78, 5) is 1.28. The van der Waals surface area contributed by atoms with Crippen LogP contribution < -0.4 is 5.32 Å². The monoisotopic (exact) mass is 308 g/mol. The lowest BCUT2D eigenvalue weighted by atomic mass is 10.1. The van der Waals surface area contributed by atoms with E-state index in [1.54, 1.807) is 0 Å². The molecule has 1 aliphatic carbocycles. The summed E-state index contributed by atoms with van der Waals surface area (Å²) in [5.41, 5.74) is 0.0466. The van der Waals surface area contributed by atoms with Gasteiger partial charge < -0.3 is 5.32 Å². The predicted octanol–water partition coefficient (Wildman–Crippen LogP) is 3.25. The molecule has 0 aromatic heterocycles. The smallest absolute Gasteiger partial charge is 0.312 e. The summed E-state index contributed by atoms with van der Waals surface area (Å²) in [7, 11) is 1.52. The van der Waals surface area contributed by atoms with Crippen LogP contribution in [0, 0.1) is 11.6 Å². The highest BCUT2D eigenvalue weighted by molar-refractivity contribution is 5.23. The van der Waals surface area contributed by atoms with Gasteiger partial charge in [-0.25, -0.2) is 8.78 Å². The van der Waals surface area contributed by atoms with Gasteiger partial charge in [0, 0.05) is 24.2 Å². The zero-order valence-corrected chi connectivity index (χ0v) is 11.6. The number of alkyl halides is 3. The van der Waals surface area contributed by atoms with Crippen LogP contribution in [0.1, 0.15) is 24.4 Å². The molecule has 21 heavy (non-hydrogen) atoms. The van der Waals surface area contributed by atoms with Crippen molar-refractivity contribution in [2.45, 2.75) is 31.1 Å². The molecule has 0 aliphatic heterocycles. The van der Waals surface area contributed by atoms with Crippen LogP contribution in [0.5, 0.6) is 0 Å². The molecule has 0 bridgehead atoms. The van der Waals surface area contributed by atoms with Crippen molar-refractivity contribution in [1.29, 1.82) is 0 Å². The summed E-state index contributed by atoms with van der Waals surface area (Å²) in [6.07, 6.45) is -2.89. The Morgan fingerprint density at radius 1 is 1.29 bits per heavy atom. The van der Waals surface area contributed by atoms with Gasteiger partial charge in [0.25, 0.3) is 0 Å². The van der Waals surface area contributed by atoms with Gasteiger partial charge in [-0.2, -0.15) is 13.2 Å². The van der Waals surface area contributed by atoms with Gasteiger partial charge in [-0.05, 0) is 26.0 Å². The Labute approximate surface area is 119 Å². The highest BCUT2D eigenvalue weighted by Gasteiger charge is 2.39. The molecule has 0 spiro atoms. The first-order valence-corrected chi connectivity index (χ1v) is 6.74. The van der Waals surface area contributed by atoms with Crippen LogP contribution in [0.2, 0.25) is 0 Å². The molecule has 1 aliphatic rings. The molecule has 1 N–H and O–H groups in total. The molecule has 2 rings (SSSR count). The van der Waals surface area contributed by atoms with Crippen LogP contribution in [0.15, 0.2) is 18.2 Å². The Hall–Kier alpha value is -1.21. The van der Waals surface area contributed by atoms with E-state index >= 15 is 0 Å². The van der Waals surface area contributed by atoms with Crippen molar-refractivity contribution in [2.24, 2.45) is 0 Å². The van der Waals surface area contributed by atoms with Crippen molar-refractivity contribution in [2.75, 3.05) is 20.1 Å². The number of rotatable bonds is 6. The van der Waals surface area contributed by atoms with Gasteiger partial charge in [0.15, 0.2) is 11.6 Å². The highest BCUT2D eigenvalue weighted by Crippen LogP contribution is 2.32. The van der Waals surface area contributed by atoms with Crippen LogP contribution in [-0.2, 0) is 0 Å². The van der Waals surface area contributed by atoms with Crippen LogP contribution in [0.3, 0.4) is 0 Å². The fourth-order valence-electron chi connectivity index (χ4n) is 2.38. The van der Waals surface area contributed by atoms with E-state index < -0.39 is 30.4 Å². The number of benzene rings is 1. The number of nitrogens with one attached hydrogen (secondary N) is 1. The van der Waals surface area contributed by atoms with Crippen LogP contribution in [0.4, 0.5) is 22.0 Å². The lowest BCUT2D eigenvalue weighted by molar-refractivity contribution is -0.147. The second kappa shape index (κ2) is 6.27. The zero-order valence-electron chi connectivity index (χ0n) is 11.6. The Morgan fingerprint density at radius 3 is 2.48 bits per heavy atom. The van der Waals surface area contributed by atoms with Crippen LogP contribution in [-0.4, -0.2) is 37.3 Å². The summed E-state index contributed by atoms with van der Waals surface area (Å²) in [5.74, 6) is -2.01. The summed E-state index contributed by atoms with van der Waals surface area (Å²) < 4.78 is 64.8. The molecule has 0 amide bonds. The molecule has 118 valence electrons. The standard InChI is InChI=1S/C14H17F5N2/c1-20-12(10-3-2-4-11(15)13(10)16)7-21(9-5-6-9)8-14(17,18)19/h2-4,9,12,20H,5-8H2,1H3. The summed E-state index contributed by atoms with van der Waals surface area (Å²) in [6.45, 7) is -1.05. The van der Waals surface area contributed by atoms with Crippen molar-refractivity contribution >= 4 is 0 Å². The van der Waals surface area contributed by atoms with Gasteiger partial charge >= 0.3 is 6.18 Å². The Bertz CT molecular complexity index is 485. The lowest BCUT2D eigenvalue weighted by Gasteiger charge is -2.28. The molecule has 1 atom stereocenters. The van der Waals surface area contributed by atoms with E-state index in [0.29, 0.717) is 12.8 Å². The molecule has 0 heterocycles. The third-order valence-electron chi connectivity index (χ3n) is 3.57. The van der Waals surface area contributed by atoms with E-state index in [9.17, 15) is 22.0 Å². The minimum absolute atomic E-state index is 0.0128. The van der Waals surface area contributed by atoms with Gasteiger partial charge in [-0.15, -0.1) is 0 Å². The Morgan fingerprint density at radius 2 is 1.95 bits per heavy atom. The van der Waals surface area contributed by atoms with Crippen LogP contribution in [0.25, 0.3) is 0 Å². The predicted molar refractivity (Wildman–Crippen MR) is 68.8 cm³/mol. The van der Waals surface area contributed by atoms with Gasteiger partial charge in [0.05, 0.1) is 6.54 Å². The molecule has 1 aromatic rings. The average Bonchev–Trinajstić information content (AvgIpc) is 3.21. The molecule has 1 unspecified atom stereocenters. The van der Waals surface area contributed by atoms with E-state index in [1.165, 1.54) is 24.1 Å². The normalized spacial score (nSPS) is 17.3. The SMILES string of the molecule is CNC(CN(CC(F)(F)F)C1CC1)c1cccc(F)c1F. The summed E-state index contributed by atoms with van der Waals surface area (Å²) in [6, 6.07) is 2.91. The molecular weight excluding hydrogens is 291 g/mol. The first-order valence-electron chi connectivity index (χ1n) is 6.74. The first-order chi connectivity index (χ1) is 9.81. The average molecular weight is 308 g/mol. The first kappa shape index (κ1) is 16.2. The van der Waals surface area contributed by atoms with E-state index in [-0.39, 0.29) is 18.2 Å². The Kier molecular flexibility index (Phi) is 4.83. The number of hydrogen-bond acceptors (Lipinski definition) is 2. The molecule has 2 nitrogen and oxygen atoms in total. The van der Waals surface area contributed by atoms with Gasteiger partial charge in [0.1, 0.15) is 0 Å². The number of halogens is 5. The van der Waals surface area contributed by atoms with E-state index in [2.05, 4.69) is 5.32 Å². The van der Waals surface area contributed by atoms with Gasteiger partial charge in [-0.1, -0.05) is 12.1 Å². The van der Waals surface area contributed by atoms with Gasteiger partial charge in [0.2, 0.25) is 0 Å². The third kappa shape index (κ3) is 4.38. The molecule has 0 radical (unpaired) electrons. The highest BCUT2D eigenvalue weighted by atomic mass is 19.4. The quantitative estimate of drug-likeness (QED) is 0.812. The van der Waals surface area contributed by atoms with Gasteiger partial charge in [-0.3, -0.25) is 4.90 Å². The number of hydrogen-bond donors (Lipinski definition) is 1. The zero-order chi connectivity index (χ0) is 15.6. The molecule has 1 aromatic carbocycles. The second-order valence-corrected chi connectivity index (χ2v) is 5.26. The minimum atomic E-state index is -4.30. The third-order valence-corrected chi connectivity index (χ3v) is 3.57. The number of likely N-dealkylation sites (N-methyl/N-ethyl adjacent to an activating group) is 1. The van der Waals surface area contributed by atoms with E-state index in [1.807, 2.05) is 0 Å². The fourth-order valence-corrected chi connectivity index (χ4v) is 2.38. The van der Waals surface area contributed by atoms with Crippen molar-refractivity contribution < 1.29 is 22.0 Å². The molecule has 1 fully saturated rings. The largest absolute Gasteiger partial charge is 0.401 e. The van der Waals surface area contributed by atoms with E-state index in [4.69, 9.17) is 0 Å². The second-order valence-electron chi connectivity index (χ2n) is 5.26. The Balaban J connectivity index is 2.14. The van der Waals surface area contributed by atoms with E-state index in [0.717, 1.165) is 6.07 Å². The topological polar surface area (TPSA) is 15.3 Å². The van der Waals surface area contributed by atoms with Crippen LogP contribution >= 0.6 is 0 Å². The summed E-state index contributed by atoms with van der Waals surface area (Å²) in [5, 5.41) is 2.77. The summed E-state index contributed by atoms with van der Waals surface area (Å²) >= 11 is 0. The van der Waals surface area contributed by atoms with Crippen molar-refractivity contribution in [3.05, 3.63) is 35.4 Å². The minimum Gasteiger partial charge on any atom is -0.312 e. The van der Waals surface area contributed by atoms with Crippen molar-refractivity contribution in [3.63, 3.8) is 0 Å². The maximum Gasteiger partial charge on any atom is 0.401 e. The molecule has 1 saturated carbocycles.